The fraction of sp³-hybridized carbons (Fsp3) is 0.269. The maximum absolute atomic E-state index is 13.8. The number of carbonyl (C=O) groups excluding carboxylic acids is 1. The number of morpholine rings is 1. The summed E-state index contributed by atoms with van der Waals surface area (Å²) in [5, 5.41) is 15.5. The van der Waals surface area contributed by atoms with E-state index in [1.807, 2.05) is 29.2 Å². The van der Waals surface area contributed by atoms with Gasteiger partial charge >= 0.3 is 0 Å². The van der Waals surface area contributed by atoms with Gasteiger partial charge in [0.15, 0.2) is 11.5 Å². The van der Waals surface area contributed by atoms with Crippen LogP contribution in [-0.2, 0) is 4.74 Å². The first kappa shape index (κ1) is 22.2. The quantitative estimate of drug-likeness (QED) is 0.434. The molecule has 36 heavy (non-hydrogen) atoms. The van der Waals surface area contributed by atoms with E-state index in [9.17, 15) is 14.9 Å². The molecule has 3 aliphatic rings. The average molecular weight is 489 g/mol. The van der Waals surface area contributed by atoms with Gasteiger partial charge in [-0.1, -0.05) is 18.2 Å². The summed E-state index contributed by atoms with van der Waals surface area (Å²) in [7, 11) is 0. The summed E-state index contributed by atoms with van der Waals surface area (Å²) >= 11 is 0. The lowest BCUT2D eigenvalue weighted by Gasteiger charge is -2.38. The number of nitrogens with zero attached hydrogens (tertiary/aromatic N) is 3. The first-order chi connectivity index (χ1) is 17.6. The highest BCUT2D eigenvalue weighted by molar-refractivity contribution is 6.12. The average Bonchev–Trinajstić information content (AvgIpc) is 2.93. The highest BCUT2D eigenvalue weighted by Crippen LogP contribution is 2.42. The van der Waals surface area contributed by atoms with Crippen LogP contribution in [0.2, 0.25) is 0 Å². The van der Waals surface area contributed by atoms with Gasteiger partial charge in [0.2, 0.25) is 0 Å². The summed E-state index contributed by atoms with van der Waals surface area (Å²) in [5.41, 5.74) is 2.90. The van der Waals surface area contributed by atoms with Crippen molar-refractivity contribution in [2.45, 2.75) is 6.17 Å². The van der Waals surface area contributed by atoms with Gasteiger partial charge in [-0.05, 0) is 30.3 Å². The molecule has 1 saturated heterocycles. The van der Waals surface area contributed by atoms with Gasteiger partial charge in [0.05, 0.1) is 29.4 Å². The SMILES string of the molecule is O=C1c2ccccc2N[C@@H](c2ccc(N3CCOCC3)c([N+](=O)[O-])c2)N1c1ccc2c(c1)OCCO2. The number of para-hydroxylation sites is 1. The zero-order valence-corrected chi connectivity index (χ0v) is 19.4. The largest absolute Gasteiger partial charge is 0.486 e. The molecule has 1 fully saturated rings. The molecule has 6 rings (SSSR count). The van der Waals surface area contributed by atoms with Crippen molar-refractivity contribution in [1.82, 2.24) is 0 Å². The van der Waals surface area contributed by atoms with Crippen LogP contribution in [0.25, 0.3) is 0 Å². The van der Waals surface area contributed by atoms with Crippen molar-refractivity contribution in [3.05, 3.63) is 81.9 Å². The number of rotatable bonds is 4. The van der Waals surface area contributed by atoms with E-state index in [4.69, 9.17) is 14.2 Å². The van der Waals surface area contributed by atoms with Gasteiger partial charge in [-0.15, -0.1) is 0 Å². The fourth-order valence-electron chi connectivity index (χ4n) is 4.86. The van der Waals surface area contributed by atoms with Crippen LogP contribution in [0.15, 0.2) is 60.7 Å². The molecule has 3 aliphatic heterocycles. The second-order valence-corrected chi connectivity index (χ2v) is 8.70. The number of anilines is 3. The van der Waals surface area contributed by atoms with Crippen LogP contribution in [-0.4, -0.2) is 50.3 Å². The van der Waals surface area contributed by atoms with Gasteiger partial charge in [-0.2, -0.15) is 0 Å². The lowest BCUT2D eigenvalue weighted by atomic mass is 10.0. The van der Waals surface area contributed by atoms with Crippen LogP contribution in [0.5, 0.6) is 11.5 Å². The minimum Gasteiger partial charge on any atom is -0.486 e. The first-order valence-corrected chi connectivity index (χ1v) is 11.8. The molecule has 1 amide bonds. The topological polar surface area (TPSA) is 106 Å². The Kier molecular flexibility index (Phi) is 5.57. The molecule has 0 radical (unpaired) electrons. The number of ether oxygens (including phenoxy) is 3. The molecule has 1 atom stereocenters. The summed E-state index contributed by atoms with van der Waals surface area (Å²) in [6, 6.07) is 17.7. The monoisotopic (exact) mass is 488 g/mol. The molecule has 0 bridgehead atoms. The summed E-state index contributed by atoms with van der Waals surface area (Å²) in [6.07, 6.45) is -0.674. The number of hydrogen-bond acceptors (Lipinski definition) is 8. The zero-order valence-electron chi connectivity index (χ0n) is 19.4. The molecule has 10 heteroatoms. The van der Waals surface area contributed by atoms with Crippen LogP contribution in [0.3, 0.4) is 0 Å². The number of hydrogen-bond donors (Lipinski definition) is 1. The summed E-state index contributed by atoms with van der Waals surface area (Å²) in [6.45, 7) is 3.09. The van der Waals surface area contributed by atoms with E-state index in [0.717, 1.165) is 0 Å². The zero-order chi connectivity index (χ0) is 24.6. The molecule has 0 saturated carbocycles. The lowest BCUT2D eigenvalue weighted by molar-refractivity contribution is -0.384. The van der Waals surface area contributed by atoms with E-state index in [0.29, 0.717) is 79.2 Å². The van der Waals surface area contributed by atoms with Gasteiger partial charge in [-0.3, -0.25) is 19.8 Å². The van der Waals surface area contributed by atoms with E-state index >= 15 is 0 Å². The van der Waals surface area contributed by atoms with E-state index < -0.39 is 6.17 Å². The number of nitro benzene ring substituents is 1. The Balaban J connectivity index is 1.45. The van der Waals surface area contributed by atoms with Crippen LogP contribution in [0, 0.1) is 10.1 Å². The van der Waals surface area contributed by atoms with Crippen molar-refractivity contribution >= 4 is 28.7 Å². The molecule has 184 valence electrons. The third kappa shape index (κ3) is 3.85. The van der Waals surface area contributed by atoms with E-state index in [2.05, 4.69) is 5.32 Å². The summed E-state index contributed by atoms with van der Waals surface area (Å²) in [5.74, 6) is 0.952. The molecule has 3 aromatic carbocycles. The fourth-order valence-corrected chi connectivity index (χ4v) is 4.86. The van der Waals surface area contributed by atoms with E-state index in [1.54, 1.807) is 41.3 Å². The van der Waals surface area contributed by atoms with Gasteiger partial charge in [0, 0.05) is 36.5 Å². The number of carbonyl (C=O) groups is 1. The van der Waals surface area contributed by atoms with Crippen molar-refractivity contribution in [3.63, 3.8) is 0 Å². The Hall–Kier alpha value is -4.31. The van der Waals surface area contributed by atoms with Gasteiger partial charge in [0.1, 0.15) is 25.1 Å². The Morgan fingerprint density at radius 2 is 1.69 bits per heavy atom. The van der Waals surface area contributed by atoms with E-state index in [1.165, 1.54) is 0 Å². The predicted molar refractivity (Wildman–Crippen MR) is 133 cm³/mol. The second-order valence-electron chi connectivity index (χ2n) is 8.70. The van der Waals surface area contributed by atoms with Crippen molar-refractivity contribution < 1.29 is 23.9 Å². The van der Waals surface area contributed by atoms with Crippen LogP contribution in [0.1, 0.15) is 22.1 Å². The van der Waals surface area contributed by atoms with E-state index in [-0.39, 0.29) is 16.5 Å². The van der Waals surface area contributed by atoms with Crippen molar-refractivity contribution in [2.24, 2.45) is 0 Å². The highest BCUT2D eigenvalue weighted by Gasteiger charge is 2.36. The molecule has 3 aromatic rings. The number of fused-ring (bicyclic) bond motifs is 2. The maximum atomic E-state index is 13.8. The van der Waals surface area contributed by atoms with Crippen molar-refractivity contribution in [3.8, 4) is 11.5 Å². The molecular weight excluding hydrogens is 464 g/mol. The number of amides is 1. The van der Waals surface area contributed by atoms with Gasteiger partial charge in [-0.25, -0.2) is 0 Å². The third-order valence-corrected chi connectivity index (χ3v) is 6.59. The Morgan fingerprint density at radius 1 is 0.917 bits per heavy atom. The van der Waals surface area contributed by atoms with Crippen LogP contribution >= 0.6 is 0 Å². The van der Waals surface area contributed by atoms with Crippen LogP contribution < -0.4 is 24.6 Å². The predicted octanol–water partition coefficient (Wildman–Crippen LogP) is 3.97. The second kappa shape index (κ2) is 9.04. The molecule has 1 N–H and O–H groups in total. The van der Waals surface area contributed by atoms with Gasteiger partial charge < -0.3 is 24.4 Å². The molecule has 0 spiro atoms. The lowest BCUT2D eigenvalue weighted by Crippen LogP contribution is -2.43. The Bertz CT molecular complexity index is 1340. The normalized spacial score (nSPS) is 18.9. The number of nitro groups is 1. The Labute approximate surface area is 207 Å². The molecular formula is C26H24N4O6. The molecule has 10 nitrogen and oxygen atoms in total. The Morgan fingerprint density at radius 3 is 2.50 bits per heavy atom. The molecule has 0 aliphatic carbocycles. The minimum absolute atomic E-state index is 0.00960. The summed E-state index contributed by atoms with van der Waals surface area (Å²) < 4.78 is 16.8. The molecule has 0 unspecified atom stereocenters. The number of nitrogens with one attached hydrogen (secondary N) is 1. The van der Waals surface area contributed by atoms with Gasteiger partial charge in [0.25, 0.3) is 11.6 Å². The molecule has 0 aromatic heterocycles. The van der Waals surface area contributed by atoms with Crippen LogP contribution in [0.4, 0.5) is 22.7 Å². The summed E-state index contributed by atoms with van der Waals surface area (Å²) in [4.78, 5) is 29.0. The third-order valence-electron chi connectivity index (χ3n) is 6.59. The number of benzene rings is 3. The molecule has 3 heterocycles. The highest BCUT2D eigenvalue weighted by atomic mass is 16.6. The van der Waals surface area contributed by atoms with Crippen molar-refractivity contribution in [1.29, 1.82) is 0 Å². The van der Waals surface area contributed by atoms with Crippen molar-refractivity contribution in [2.75, 3.05) is 54.6 Å². The first-order valence-electron chi connectivity index (χ1n) is 11.8. The smallest absolute Gasteiger partial charge is 0.292 e. The minimum atomic E-state index is -0.674. The standard InChI is InChI=1S/C26H24N4O6/c31-26-19-3-1-2-4-20(19)27-25(29(26)18-6-8-23-24(16-18)36-14-13-35-23)17-5-7-21(22(15-17)30(32)33)28-9-11-34-12-10-28/h1-8,15-16,25,27H,9-14H2/t25-/m1/s1. The maximum Gasteiger partial charge on any atom is 0.292 e.